The van der Waals surface area contributed by atoms with Gasteiger partial charge in [-0.05, 0) is 42.7 Å². The Morgan fingerprint density at radius 1 is 1.04 bits per heavy atom. The van der Waals surface area contributed by atoms with Crippen LogP contribution in [-0.2, 0) is 4.79 Å². The summed E-state index contributed by atoms with van der Waals surface area (Å²) in [5, 5.41) is 3.10. The van der Waals surface area contributed by atoms with Crippen LogP contribution in [0.25, 0.3) is 0 Å². The zero-order valence-electron chi connectivity index (χ0n) is 14.3. The number of ether oxygens (including phenoxy) is 2. The number of hydrogen-bond acceptors (Lipinski definition) is 4. The molecule has 1 amide bonds. The van der Waals surface area contributed by atoms with E-state index < -0.39 is 17.7 Å². The fourth-order valence-electron chi connectivity index (χ4n) is 3.62. The molecule has 2 aliphatic rings. The molecule has 1 heterocycles. The number of amides is 1. The van der Waals surface area contributed by atoms with Crippen molar-refractivity contribution >= 4 is 11.6 Å². The zero-order valence-corrected chi connectivity index (χ0v) is 14.3. The van der Waals surface area contributed by atoms with E-state index in [2.05, 4.69) is 5.32 Å². The molecule has 1 aliphatic heterocycles. The van der Waals surface area contributed by atoms with Crippen LogP contribution in [0.4, 0.5) is 10.1 Å². The number of carbonyl (C=O) groups excluding carboxylic acids is 1. The Morgan fingerprint density at radius 2 is 1.73 bits per heavy atom. The molecule has 0 aromatic heterocycles. The third-order valence-corrected chi connectivity index (χ3v) is 4.95. The molecule has 1 aliphatic carbocycles. The number of primary amides is 1. The Morgan fingerprint density at radius 3 is 2.42 bits per heavy atom. The molecule has 1 fully saturated rings. The van der Waals surface area contributed by atoms with Gasteiger partial charge in [0.15, 0.2) is 11.5 Å². The van der Waals surface area contributed by atoms with Crippen molar-refractivity contribution in [2.45, 2.75) is 43.9 Å². The first kappa shape index (κ1) is 16.7. The molecule has 26 heavy (non-hydrogen) atoms. The predicted molar refractivity (Wildman–Crippen MR) is 95.5 cm³/mol. The molecule has 1 atom stereocenters. The second kappa shape index (κ2) is 6.52. The number of hydrogen-bond donors (Lipinski definition) is 2. The molecule has 0 saturated heterocycles. The van der Waals surface area contributed by atoms with Gasteiger partial charge in [0.05, 0.1) is 0 Å². The highest BCUT2D eigenvalue weighted by atomic mass is 19.1. The van der Waals surface area contributed by atoms with E-state index in [1.807, 2.05) is 18.2 Å². The van der Waals surface area contributed by atoms with Crippen LogP contribution >= 0.6 is 0 Å². The third-order valence-electron chi connectivity index (χ3n) is 4.95. The number of fused-ring (bicyclic) bond motifs is 1. The summed E-state index contributed by atoms with van der Waals surface area (Å²) in [5.41, 5.74) is 6.81. The lowest BCUT2D eigenvalue weighted by molar-refractivity contribution is -0.118. The first-order chi connectivity index (χ1) is 12.5. The molecule has 136 valence electrons. The van der Waals surface area contributed by atoms with E-state index in [9.17, 15) is 9.18 Å². The van der Waals surface area contributed by atoms with E-state index in [4.69, 9.17) is 15.2 Å². The molecule has 1 saturated carbocycles. The molecule has 4 rings (SSSR count). The van der Waals surface area contributed by atoms with Crippen LogP contribution in [0.2, 0.25) is 0 Å². The molecule has 1 unspecified atom stereocenters. The van der Waals surface area contributed by atoms with Crippen molar-refractivity contribution in [1.29, 1.82) is 0 Å². The van der Waals surface area contributed by atoms with E-state index in [0.717, 1.165) is 31.4 Å². The number of benzene rings is 2. The lowest BCUT2D eigenvalue weighted by Gasteiger charge is -2.31. The van der Waals surface area contributed by atoms with Gasteiger partial charge in [0.2, 0.25) is 5.91 Å². The van der Waals surface area contributed by atoms with Crippen LogP contribution in [-0.4, -0.2) is 11.7 Å². The normalized spacial score (nSPS) is 18.5. The maximum Gasteiger partial charge on any atom is 0.251 e. The molecular weight excluding hydrogens is 335 g/mol. The number of nitrogens with two attached hydrogens (primary N) is 1. The van der Waals surface area contributed by atoms with Crippen molar-refractivity contribution in [1.82, 2.24) is 0 Å². The van der Waals surface area contributed by atoms with Gasteiger partial charge in [-0.25, -0.2) is 4.39 Å². The summed E-state index contributed by atoms with van der Waals surface area (Å²) in [6.07, 6.45) is 5.14. The van der Waals surface area contributed by atoms with E-state index in [0.29, 0.717) is 17.0 Å². The van der Waals surface area contributed by atoms with Crippen molar-refractivity contribution in [3.05, 3.63) is 53.8 Å². The minimum Gasteiger partial charge on any atom is -0.448 e. The van der Waals surface area contributed by atoms with Crippen molar-refractivity contribution in [2.75, 3.05) is 5.32 Å². The first-order valence-corrected chi connectivity index (χ1v) is 8.88. The minimum absolute atomic E-state index is 0.363. The Labute approximate surface area is 151 Å². The van der Waals surface area contributed by atoms with Crippen LogP contribution in [0.3, 0.4) is 0 Å². The average Bonchev–Trinajstić information content (AvgIpc) is 2.97. The van der Waals surface area contributed by atoms with Gasteiger partial charge >= 0.3 is 0 Å². The summed E-state index contributed by atoms with van der Waals surface area (Å²) in [5.74, 6) is -0.0656. The van der Waals surface area contributed by atoms with Crippen molar-refractivity contribution in [2.24, 2.45) is 5.73 Å². The number of nitrogens with one attached hydrogen (secondary N) is 1. The summed E-state index contributed by atoms with van der Waals surface area (Å²) in [6.45, 7) is 0. The highest BCUT2D eigenvalue weighted by molar-refractivity contribution is 5.84. The Bertz CT molecular complexity index is 816. The van der Waals surface area contributed by atoms with Crippen LogP contribution in [0.15, 0.2) is 42.5 Å². The monoisotopic (exact) mass is 356 g/mol. The zero-order chi connectivity index (χ0) is 18.1. The van der Waals surface area contributed by atoms with E-state index in [-0.39, 0.29) is 5.82 Å². The summed E-state index contributed by atoms with van der Waals surface area (Å²) >= 11 is 0. The number of halogens is 1. The quantitative estimate of drug-likeness (QED) is 0.871. The molecule has 1 spiro atoms. The fourth-order valence-corrected chi connectivity index (χ4v) is 3.62. The van der Waals surface area contributed by atoms with E-state index in [1.165, 1.54) is 18.6 Å². The maximum atomic E-state index is 13.1. The van der Waals surface area contributed by atoms with Crippen LogP contribution in [0.1, 0.15) is 43.7 Å². The lowest BCUT2D eigenvalue weighted by atomic mass is 9.94. The SMILES string of the molecule is NC(=O)C(Nc1ccc2c(c1)OC1(CCCCC1)O2)c1ccc(F)cc1. The van der Waals surface area contributed by atoms with Gasteiger partial charge in [-0.15, -0.1) is 0 Å². The molecule has 0 radical (unpaired) electrons. The van der Waals surface area contributed by atoms with Gasteiger partial charge in [0.1, 0.15) is 11.9 Å². The van der Waals surface area contributed by atoms with E-state index >= 15 is 0 Å². The number of anilines is 1. The Hall–Kier alpha value is -2.76. The first-order valence-electron chi connectivity index (χ1n) is 8.88. The molecule has 2 aromatic carbocycles. The Balaban J connectivity index is 1.55. The third kappa shape index (κ3) is 3.19. The fraction of sp³-hybridized carbons (Fsp3) is 0.350. The van der Waals surface area contributed by atoms with Crippen LogP contribution in [0.5, 0.6) is 11.5 Å². The molecule has 2 aromatic rings. The van der Waals surface area contributed by atoms with Crippen molar-refractivity contribution < 1.29 is 18.7 Å². The van der Waals surface area contributed by atoms with Gasteiger partial charge in [0, 0.05) is 24.6 Å². The molecular formula is C20H21FN2O3. The van der Waals surface area contributed by atoms with Crippen LogP contribution < -0.4 is 20.5 Å². The smallest absolute Gasteiger partial charge is 0.251 e. The highest BCUT2D eigenvalue weighted by Gasteiger charge is 2.42. The topological polar surface area (TPSA) is 73.6 Å². The maximum absolute atomic E-state index is 13.1. The van der Waals surface area contributed by atoms with Gasteiger partial charge in [0.25, 0.3) is 5.79 Å². The van der Waals surface area contributed by atoms with Gasteiger partial charge in [-0.1, -0.05) is 18.6 Å². The number of rotatable bonds is 4. The number of carbonyl (C=O) groups is 1. The molecule has 3 N–H and O–H groups in total. The second-order valence-corrected chi connectivity index (χ2v) is 6.87. The summed E-state index contributed by atoms with van der Waals surface area (Å²) < 4.78 is 25.3. The standard InChI is InChI=1S/C20H21FN2O3/c21-14-6-4-13(5-7-14)18(19(22)24)23-15-8-9-16-17(12-15)26-20(25-16)10-2-1-3-11-20/h4-9,12,18,23H,1-3,10-11H2,(H2,22,24). The van der Waals surface area contributed by atoms with E-state index in [1.54, 1.807) is 12.1 Å². The largest absolute Gasteiger partial charge is 0.448 e. The second-order valence-electron chi connectivity index (χ2n) is 6.87. The summed E-state index contributed by atoms with van der Waals surface area (Å²) in [4.78, 5) is 11.9. The van der Waals surface area contributed by atoms with Crippen LogP contribution in [0, 0.1) is 5.82 Å². The molecule has 6 heteroatoms. The highest BCUT2D eigenvalue weighted by Crippen LogP contribution is 2.46. The van der Waals surface area contributed by atoms with Crippen molar-refractivity contribution in [3.63, 3.8) is 0 Å². The van der Waals surface area contributed by atoms with Gasteiger partial charge < -0.3 is 20.5 Å². The van der Waals surface area contributed by atoms with Gasteiger partial charge in [-0.3, -0.25) is 4.79 Å². The lowest BCUT2D eigenvalue weighted by Crippen LogP contribution is -2.40. The average molecular weight is 356 g/mol. The summed E-state index contributed by atoms with van der Waals surface area (Å²) in [7, 11) is 0. The van der Waals surface area contributed by atoms with Crippen molar-refractivity contribution in [3.8, 4) is 11.5 Å². The van der Waals surface area contributed by atoms with Gasteiger partial charge in [-0.2, -0.15) is 0 Å². The summed E-state index contributed by atoms with van der Waals surface area (Å²) in [6, 6.07) is 10.4. The molecule has 0 bridgehead atoms. The molecule has 5 nitrogen and oxygen atoms in total. The predicted octanol–water partition coefficient (Wildman–Crippen LogP) is 3.90. The Kier molecular flexibility index (Phi) is 4.18. The minimum atomic E-state index is -0.764.